The Bertz CT molecular complexity index is 487. The third-order valence-electron chi connectivity index (χ3n) is 3.17. The van der Waals surface area contributed by atoms with Gasteiger partial charge in [-0.2, -0.15) is 9.57 Å². The molecule has 0 unspecified atom stereocenters. The molecule has 0 rings (SSSR count). The van der Waals surface area contributed by atoms with E-state index in [9.17, 15) is 8.42 Å². The molecule has 20 heavy (non-hydrogen) atoms. The van der Waals surface area contributed by atoms with Crippen molar-refractivity contribution >= 4 is 15.9 Å². The molecular weight excluding hydrogens is 278 g/mol. The lowest BCUT2D eigenvalue weighted by atomic mass is 10.1. The van der Waals surface area contributed by atoms with Crippen LogP contribution in [-0.4, -0.2) is 44.9 Å². The van der Waals surface area contributed by atoms with Gasteiger partial charge >= 0.3 is 0 Å². The molecule has 114 valence electrons. The lowest BCUT2D eigenvalue weighted by Crippen LogP contribution is -2.42. The quantitative estimate of drug-likeness (QED) is 0.368. The van der Waals surface area contributed by atoms with Crippen molar-refractivity contribution in [2.75, 3.05) is 20.3 Å². The van der Waals surface area contributed by atoms with Crippen LogP contribution in [0, 0.1) is 17.2 Å². The Morgan fingerprint density at radius 2 is 1.95 bits per heavy atom. The molecule has 0 N–H and O–H groups in total. The third kappa shape index (κ3) is 5.06. The maximum Gasteiger partial charge on any atom is 0.259 e. The Hall–Kier alpha value is -1.19. The van der Waals surface area contributed by atoms with E-state index in [1.165, 1.54) is 16.2 Å². The molecule has 0 aliphatic heterocycles. The van der Waals surface area contributed by atoms with Crippen molar-refractivity contribution in [2.24, 2.45) is 5.92 Å². The molecule has 0 radical (unpaired) electrons. The lowest BCUT2D eigenvalue weighted by molar-refractivity contribution is 0.186. The molecule has 0 fully saturated rings. The average Bonchev–Trinajstić information content (AvgIpc) is 2.38. The van der Waals surface area contributed by atoms with Crippen molar-refractivity contribution in [3.63, 3.8) is 0 Å². The summed E-state index contributed by atoms with van der Waals surface area (Å²) in [5.41, 5.74) is 0. The van der Waals surface area contributed by atoms with E-state index in [1.807, 2.05) is 13.8 Å². The van der Waals surface area contributed by atoms with Gasteiger partial charge in [-0.25, -0.2) is 14.3 Å². The molecule has 0 bridgehead atoms. The second-order valence-corrected chi connectivity index (χ2v) is 6.68. The summed E-state index contributed by atoms with van der Waals surface area (Å²) >= 11 is 0. The first-order valence-electron chi connectivity index (χ1n) is 6.50. The zero-order valence-electron chi connectivity index (χ0n) is 12.5. The summed E-state index contributed by atoms with van der Waals surface area (Å²) in [5.74, 6) is 1.56. The van der Waals surface area contributed by atoms with Crippen LogP contribution in [0.25, 0.3) is 5.41 Å². The maximum atomic E-state index is 12.3. The molecule has 0 aromatic heterocycles. The van der Waals surface area contributed by atoms with Crippen LogP contribution in [0.2, 0.25) is 0 Å². The second kappa shape index (κ2) is 8.88. The van der Waals surface area contributed by atoms with E-state index in [4.69, 9.17) is 15.4 Å². The molecule has 0 spiro atoms. The van der Waals surface area contributed by atoms with E-state index >= 15 is 0 Å². The maximum absolute atomic E-state index is 12.3. The number of allylic oxidation sites excluding steroid dienone is 1. The highest BCUT2D eigenvalue weighted by Crippen LogP contribution is 2.20. The fourth-order valence-corrected chi connectivity index (χ4v) is 3.16. The molecule has 0 saturated carbocycles. The van der Waals surface area contributed by atoms with E-state index in [0.29, 0.717) is 13.0 Å². The van der Waals surface area contributed by atoms with Gasteiger partial charge in [-0.15, -0.1) is 0 Å². The van der Waals surface area contributed by atoms with Crippen molar-refractivity contribution < 1.29 is 13.2 Å². The first-order valence-corrected chi connectivity index (χ1v) is 7.94. The lowest BCUT2D eigenvalue weighted by Gasteiger charge is -2.30. The highest BCUT2D eigenvalue weighted by Gasteiger charge is 2.31. The normalized spacial score (nSPS) is 13.1. The van der Waals surface area contributed by atoms with Gasteiger partial charge in [0.2, 0.25) is 0 Å². The second-order valence-electron chi connectivity index (χ2n) is 4.85. The molecule has 0 aliphatic rings. The predicted octanol–water partition coefficient (Wildman–Crippen LogP) is 1.74. The number of methoxy groups -OCH3 is 1. The van der Waals surface area contributed by atoms with Crippen molar-refractivity contribution in [1.29, 1.82) is 5.26 Å². The summed E-state index contributed by atoms with van der Waals surface area (Å²) in [6.07, 6.45) is 1.34. The summed E-state index contributed by atoms with van der Waals surface area (Å²) in [6, 6.07) is 1.19. The Morgan fingerprint density at radius 3 is 2.35 bits per heavy atom. The highest BCUT2D eigenvalue weighted by molar-refractivity contribution is 7.93. The van der Waals surface area contributed by atoms with Gasteiger partial charge in [-0.05, 0) is 25.7 Å². The van der Waals surface area contributed by atoms with E-state index in [-0.39, 0.29) is 18.5 Å². The van der Waals surface area contributed by atoms with E-state index in [1.54, 1.807) is 14.0 Å². The van der Waals surface area contributed by atoms with Gasteiger partial charge in [0.05, 0.1) is 0 Å². The van der Waals surface area contributed by atoms with Crippen molar-refractivity contribution in [3.8, 4) is 6.07 Å². The van der Waals surface area contributed by atoms with E-state index in [0.717, 1.165) is 6.42 Å². The SMILES string of the molecule is COCCCCN([C@@H](C)C(C)C)S(=O)(=O)C(=C=[N-])C#N. The summed E-state index contributed by atoms with van der Waals surface area (Å²) < 4.78 is 30.8. The Morgan fingerprint density at radius 1 is 1.35 bits per heavy atom. The highest BCUT2D eigenvalue weighted by atomic mass is 32.2. The number of rotatable bonds is 9. The van der Waals surface area contributed by atoms with Crippen LogP contribution in [0.5, 0.6) is 0 Å². The van der Waals surface area contributed by atoms with Crippen molar-refractivity contribution in [2.45, 2.75) is 39.7 Å². The summed E-state index contributed by atoms with van der Waals surface area (Å²) in [6.45, 7) is 6.42. The molecule has 0 aliphatic carbocycles. The van der Waals surface area contributed by atoms with Crippen LogP contribution < -0.4 is 0 Å². The average molecular weight is 300 g/mol. The molecule has 7 heteroatoms. The van der Waals surface area contributed by atoms with Gasteiger partial charge in [0, 0.05) is 26.3 Å². The molecule has 0 saturated heterocycles. The Balaban J connectivity index is 5.23. The van der Waals surface area contributed by atoms with Crippen molar-refractivity contribution in [3.05, 3.63) is 10.3 Å². The monoisotopic (exact) mass is 300 g/mol. The minimum Gasteiger partial charge on any atom is -0.762 e. The number of nitriles is 1. The minimum absolute atomic E-state index is 0.0887. The zero-order chi connectivity index (χ0) is 15.8. The Kier molecular flexibility index (Phi) is 8.35. The van der Waals surface area contributed by atoms with Gasteiger partial charge in [0.25, 0.3) is 10.0 Å². The summed E-state index contributed by atoms with van der Waals surface area (Å²) in [4.78, 5) is -0.753. The van der Waals surface area contributed by atoms with E-state index < -0.39 is 14.9 Å². The zero-order valence-corrected chi connectivity index (χ0v) is 13.3. The van der Waals surface area contributed by atoms with Crippen LogP contribution in [0.4, 0.5) is 0 Å². The fraction of sp³-hybridized carbons (Fsp3) is 0.769. The number of unbranched alkanes of at least 4 members (excludes halogenated alkanes) is 1. The number of ether oxygens (including phenoxy) is 1. The fourth-order valence-electron chi connectivity index (χ4n) is 1.65. The van der Waals surface area contributed by atoms with Crippen LogP contribution in [0.15, 0.2) is 4.91 Å². The van der Waals surface area contributed by atoms with Gasteiger partial charge < -0.3 is 10.1 Å². The molecule has 0 heterocycles. The van der Waals surface area contributed by atoms with Crippen LogP contribution in [-0.2, 0) is 14.8 Å². The predicted molar refractivity (Wildman–Crippen MR) is 78.5 cm³/mol. The molecule has 6 nitrogen and oxygen atoms in total. The van der Waals surface area contributed by atoms with Gasteiger partial charge in [0.1, 0.15) is 6.07 Å². The van der Waals surface area contributed by atoms with Gasteiger partial charge in [-0.3, -0.25) is 0 Å². The molecule has 0 amide bonds. The largest absolute Gasteiger partial charge is 0.762 e. The molecule has 0 aromatic rings. The van der Waals surface area contributed by atoms with Gasteiger partial charge in [-0.1, -0.05) is 13.8 Å². The van der Waals surface area contributed by atoms with E-state index in [2.05, 4.69) is 0 Å². The topological polar surface area (TPSA) is 92.7 Å². The van der Waals surface area contributed by atoms with Crippen LogP contribution in [0.3, 0.4) is 0 Å². The standard InChI is InChI=1S/C13H22N3O3S/c1-11(2)12(3)16(7-5-6-8-19-4)20(17,18)13(9-14)10-15/h11-12H,5-8H2,1-4H3/q-1/t12-/m0/s1. The number of nitrogens with zero attached hydrogens (tertiary/aromatic N) is 3. The first-order chi connectivity index (χ1) is 9.32. The molecular formula is C13H22N3O3S-. The number of sulfonamides is 1. The minimum atomic E-state index is -4.01. The Labute approximate surface area is 121 Å². The van der Waals surface area contributed by atoms with Gasteiger partial charge in [0.15, 0.2) is 4.91 Å². The number of hydrogen-bond donors (Lipinski definition) is 0. The summed E-state index contributed by atoms with van der Waals surface area (Å²) in [5, 5.41) is 17.6. The molecule has 1 atom stereocenters. The van der Waals surface area contributed by atoms with Crippen LogP contribution in [0.1, 0.15) is 33.6 Å². The third-order valence-corrected chi connectivity index (χ3v) is 5.00. The van der Waals surface area contributed by atoms with Crippen LogP contribution >= 0.6 is 0 Å². The molecule has 0 aromatic carbocycles. The number of hydrogen-bond acceptors (Lipinski definition) is 4. The van der Waals surface area contributed by atoms with Crippen molar-refractivity contribution in [1.82, 2.24) is 4.31 Å². The smallest absolute Gasteiger partial charge is 0.259 e. The summed E-state index contributed by atoms with van der Waals surface area (Å²) in [7, 11) is -2.42. The first kappa shape index (κ1) is 18.8.